The Bertz CT molecular complexity index is 533. The minimum absolute atomic E-state index is 0.0965. The monoisotopic (exact) mass is 277 g/mol. The predicted octanol–water partition coefficient (Wildman–Crippen LogP) is 3.16. The number of nitro benzene ring substituents is 1. The number of nitrogens with zero attached hydrogens (tertiary/aromatic N) is 2. The first kappa shape index (κ1) is 13.7. The van der Waals surface area contributed by atoms with Gasteiger partial charge in [-0.25, -0.2) is 0 Å². The molecule has 0 aliphatic carbocycles. The SMILES string of the molecule is CC1(CNc2cccc(C#N)c2[N+](=O)[O-])CCCS1. The van der Waals surface area contributed by atoms with E-state index in [1.165, 1.54) is 12.5 Å². The summed E-state index contributed by atoms with van der Waals surface area (Å²) >= 11 is 1.89. The number of hydrogen-bond donors (Lipinski definition) is 1. The molecule has 0 spiro atoms. The molecule has 100 valence electrons. The van der Waals surface area contributed by atoms with Crippen LogP contribution >= 0.6 is 11.8 Å². The molecule has 1 heterocycles. The number of anilines is 1. The number of para-hydroxylation sites is 1. The molecule has 2 rings (SSSR count). The van der Waals surface area contributed by atoms with Crippen molar-refractivity contribution in [2.45, 2.75) is 24.5 Å². The Morgan fingerprint density at radius 1 is 1.63 bits per heavy atom. The lowest BCUT2D eigenvalue weighted by molar-refractivity contribution is -0.384. The summed E-state index contributed by atoms with van der Waals surface area (Å²) in [6.07, 6.45) is 2.29. The molecule has 0 aromatic heterocycles. The average Bonchev–Trinajstić information content (AvgIpc) is 2.83. The highest BCUT2D eigenvalue weighted by atomic mass is 32.2. The fraction of sp³-hybridized carbons (Fsp3) is 0.462. The third-order valence-corrected chi connectivity index (χ3v) is 4.83. The molecule has 19 heavy (non-hydrogen) atoms. The van der Waals surface area contributed by atoms with Crippen LogP contribution in [0.5, 0.6) is 0 Å². The number of rotatable bonds is 4. The first-order valence-corrected chi connectivity index (χ1v) is 7.10. The maximum absolute atomic E-state index is 11.1. The Kier molecular flexibility index (Phi) is 3.96. The first-order chi connectivity index (χ1) is 9.06. The van der Waals surface area contributed by atoms with Crippen LogP contribution in [0, 0.1) is 21.4 Å². The molecule has 1 aliphatic heterocycles. The van der Waals surface area contributed by atoms with Crippen molar-refractivity contribution in [1.82, 2.24) is 0 Å². The lowest BCUT2D eigenvalue weighted by atomic mass is 10.1. The van der Waals surface area contributed by atoms with E-state index >= 15 is 0 Å². The third-order valence-electron chi connectivity index (χ3n) is 3.29. The summed E-state index contributed by atoms with van der Waals surface area (Å²) in [4.78, 5) is 10.6. The lowest BCUT2D eigenvalue weighted by Gasteiger charge is -2.23. The van der Waals surface area contributed by atoms with Crippen molar-refractivity contribution in [2.24, 2.45) is 0 Å². The molecule has 1 atom stereocenters. The van der Waals surface area contributed by atoms with Crippen molar-refractivity contribution in [2.75, 3.05) is 17.6 Å². The second-order valence-corrected chi connectivity index (χ2v) is 6.51. The number of nitriles is 1. The molecule has 6 heteroatoms. The van der Waals surface area contributed by atoms with Crippen LogP contribution in [0.15, 0.2) is 18.2 Å². The summed E-state index contributed by atoms with van der Waals surface area (Å²) in [5.74, 6) is 1.14. The number of thioether (sulfide) groups is 1. The first-order valence-electron chi connectivity index (χ1n) is 6.11. The Labute approximate surface area is 116 Å². The van der Waals surface area contributed by atoms with Crippen molar-refractivity contribution < 1.29 is 4.92 Å². The Morgan fingerprint density at radius 3 is 3.00 bits per heavy atom. The molecule has 1 aromatic rings. The summed E-state index contributed by atoms with van der Waals surface area (Å²) < 4.78 is 0.122. The van der Waals surface area contributed by atoms with Gasteiger partial charge in [0.25, 0.3) is 0 Å². The molecule has 0 radical (unpaired) electrons. The van der Waals surface area contributed by atoms with Crippen molar-refractivity contribution in [3.63, 3.8) is 0 Å². The van der Waals surface area contributed by atoms with E-state index in [2.05, 4.69) is 12.2 Å². The van der Waals surface area contributed by atoms with Gasteiger partial charge in [0.15, 0.2) is 0 Å². The average molecular weight is 277 g/mol. The van der Waals surface area contributed by atoms with Crippen LogP contribution in [0.1, 0.15) is 25.3 Å². The van der Waals surface area contributed by atoms with Gasteiger partial charge in [0.2, 0.25) is 0 Å². The number of nitro groups is 1. The van der Waals surface area contributed by atoms with E-state index in [-0.39, 0.29) is 16.0 Å². The molecule has 0 saturated carbocycles. The van der Waals surface area contributed by atoms with E-state index in [1.54, 1.807) is 12.1 Å². The van der Waals surface area contributed by atoms with Crippen molar-refractivity contribution >= 4 is 23.1 Å². The van der Waals surface area contributed by atoms with Crippen LogP contribution in [-0.2, 0) is 0 Å². The largest absolute Gasteiger partial charge is 0.378 e. The van der Waals surface area contributed by atoms with Gasteiger partial charge in [-0.15, -0.1) is 0 Å². The molecule has 0 bridgehead atoms. The smallest absolute Gasteiger partial charge is 0.309 e. The fourth-order valence-electron chi connectivity index (χ4n) is 2.23. The van der Waals surface area contributed by atoms with Crippen LogP contribution in [0.3, 0.4) is 0 Å². The van der Waals surface area contributed by atoms with E-state index in [0.29, 0.717) is 12.2 Å². The summed E-state index contributed by atoms with van der Waals surface area (Å²) in [5.41, 5.74) is 0.397. The summed E-state index contributed by atoms with van der Waals surface area (Å²) in [6, 6.07) is 6.65. The Morgan fingerprint density at radius 2 is 2.42 bits per heavy atom. The van der Waals surface area contributed by atoms with E-state index in [4.69, 9.17) is 5.26 Å². The quantitative estimate of drug-likeness (QED) is 0.675. The number of benzene rings is 1. The van der Waals surface area contributed by atoms with E-state index in [0.717, 1.165) is 12.2 Å². The molecule has 1 fully saturated rings. The maximum Gasteiger partial charge on any atom is 0.309 e. The highest BCUT2D eigenvalue weighted by Gasteiger charge is 2.30. The van der Waals surface area contributed by atoms with Gasteiger partial charge in [0, 0.05) is 11.3 Å². The van der Waals surface area contributed by atoms with Crippen LogP contribution < -0.4 is 5.32 Å². The van der Waals surface area contributed by atoms with E-state index in [1.807, 2.05) is 17.8 Å². The molecular weight excluding hydrogens is 262 g/mol. The normalized spacial score (nSPS) is 21.9. The van der Waals surface area contributed by atoms with Crippen LogP contribution in [0.2, 0.25) is 0 Å². The van der Waals surface area contributed by atoms with Gasteiger partial charge in [-0.1, -0.05) is 6.07 Å². The van der Waals surface area contributed by atoms with Gasteiger partial charge >= 0.3 is 5.69 Å². The minimum Gasteiger partial charge on any atom is -0.378 e. The summed E-state index contributed by atoms with van der Waals surface area (Å²) in [6.45, 7) is 2.84. The van der Waals surface area contributed by atoms with Gasteiger partial charge in [0.05, 0.1) is 4.92 Å². The van der Waals surface area contributed by atoms with Crippen LogP contribution in [0.4, 0.5) is 11.4 Å². The number of nitrogens with one attached hydrogen (secondary N) is 1. The zero-order valence-electron chi connectivity index (χ0n) is 10.7. The van der Waals surface area contributed by atoms with Crippen molar-refractivity contribution in [3.8, 4) is 6.07 Å². The Balaban J connectivity index is 2.21. The van der Waals surface area contributed by atoms with Gasteiger partial charge in [-0.3, -0.25) is 10.1 Å². The second kappa shape index (κ2) is 5.49. The Hall–Kier alpha value is -1.74. The zero-order chi connectivity index (χ0) is 13.9. The standard InChI is InChI=1S/C13H15N3O2S/c1-13(6-3-7-19-13)9-15-11-5-2-4-10(8-14)12(11)16(17)18/h2,4-5,15H,3,6-7,9H2,1H3. The van der Waals surface area contributed by atoms with Crippen molar-refractivity contribution in [3.05, 3.63) is 33.9 Å². The highest BCUT2D eigenvalue weighted by molar-refractivity contribution is 8.00. The summed E-state index contributed by atoms with van der Waals surface area (Å²) in [7, 11) is 0. The van der Waals surface area contributed by atoms with E-state index in [9.17, 15) is 10.1 Å². The van der Waals surface area contributed by atoms with Crippen molar-refractivity contribution in [1.29, 1.82) is 5.26 Å². The van der Waals surface area contributed by atoms with Gasteiger partial charge in [0.1, 0.15) is 17.3 Å². The third kappa shape index (κ3) is 2.99. The van der Waals surface area contributed by atoms with Crippen LogP contribution in [0.25, 0.3) is 0 Å². The molecular formula is C13H15N3O2S. The minimum atomic E-state index is -0.495. The van der Waals surface area contributed by atoms with Gasteiger partial charge < -0.3 is 5.32 Å². The molecule has 1 unspecified atom stereocenters. The molecule has 5 nitrogen and oxygen atoms in total. The topological polar surface area (TPSA) is 79.0 Å². The number of hydrogen-bond acceptors (Lipinski definition) is 5. The molecule has 1 saturated heterocycles. The fourth-order valence-corrected chi connectivity index (χ4v) is 3.48. The summed E-state index contributed by atoms with van der Waals surface area (Å²) in [5, 5.41) is 23.2. The predicted molar refractivity (Wildman–Crippen MR) is 76.4 cm³/mol. The van der Waals surface area contributed by atoms with Gasteiger partial charge in [-0.2, -0.15) is 17.0 Å². The zero-order valence-corrected chi connectivity index (χ0v) is 11.5. The highest BCUT2D eigenvalue weighted by Crippen LogP contribution is 2.38. The maximum atomic E-state index is 11.1. The molecule has 1 aliphatic rings. The molecule has 1 aromatic carbocycles. The molecule has 1 N–H and O–H groups in total. The lowest BCUT2D eigenvalue weighted by Crippen LogP contribution is -2.27. The van der Waals surface area contributed by atoms with Crippen LogP contribution in [-0.4, -0.2) is 22.0 Å². The molecule has 0 amide bonds. The second-order valence-electron chi connectivity index (χ2n) is 4.83. The van der Waals surface area contributed by atoms with Gasteiger partial charge in [-0.05, 0) is 37.7 Å². The van der Waals surface area contributed by atoms with E-state index < -0.39 is 4.92 Å².